The molecule has 2 aromatic rings. The predicted molar refractivity (Wildman–Crippen MR) is 78.2 cm³/mol. The van der Waals surface area contributed by atoms with Gasteiger partial charge in [0.1, 0.15) is 6.10 Å². The van der Waals surface area contributed by atoms with Gasteiger partial charge in [0.15, 0.2) is 0 Å². The van der Waals surface area contributed by atoms with E-state index < -0.39 is 6.10 Å². The first-order valence-corrected chi connectivity index (χ1v) is 7.50. The highest BCUT2D eigenvalue weighted by Crippen LogP contribution is 2.34. The van der Waals surface area contributed by atoms with Crippen LogP contribution in [0.15, 0.2) is 16.7 Å². The van der Waals surface area contributed by atoms with Crippen LogP contribution in [0, 0.1) is 13.8 Å². The molecule has 1 N–H and O–H groups in total. The van der Waals surface area contributed by atoms with Crippen LogP contribution in [0.3, 0.4) is 0 Å². The monoisotopic (exact) mass is 328 g/mol. The summed E-state index contributed by atoms with van der Waals surface area (Å²) >= 11 is 5.18. The third-order valence-electron chi connectivity index (χ3n) is 2.91. The summed E-state index contributed by atoms with van der Waals surface area (Å²) in [5.74, 6) is 0. The molecular weight excluding hydrogens is 312 g/mol. The van der Waals surface area contributed by atoms with Crippen molar-refractivity contribution < 1.29 is 5.11 Å². The van der Waals surface area contributed by atoms with Crippen LogP contribution in [-0.4, -0.2) is 14.9 Å². The fourth-order valence-electron chi connectivity index (χ4n) is 2.09. The third-order valence-corrected chi connectivity index (χ3v) is 4.50. The van der Waals surface area contributed by atoms with Gasteiger partial charge in [-0.25, -0.2) is 0 Å². The van der Waals surface area contributed by atoms with Crippen LogP contribution in [0.5, 0.6) is 0 Å². The first-order valence-electron chi connectivity index (χ1n) is 5.89. The van der Waals surface area contributed by atoms with Gasteiger partial charge in [-0.3, -0.25) is 4.68 Å². The molecule has 0 aliphatic rings. The van der Waals surface area contributed by atoms with Gasteiger partial charge in [0.2, 0.25) is 0 Å². The van der Waals surface area contributed by atoms with Crippen LogP contribution in [-0.2, 0) is 0 Å². The number of aliphatic hydroxyl groups is 1. The van der Waals surface area contributed by atoms with Crippen molar-refractivity contribution in [3.8, 4) is 0 Å². The Morgan fingerprint density at radius 2 is 2.06 bits per heavy atom. The van der Waals surface area contributed by atoms with Gasteiger partial charge >= 0.3 is 0 Å². The summed E-state index contributed by atoms with van der Waals surface area (Å²) in [7, 11) is 0. The van der Waals surface area contributed by atoms with Crippen molar-refractivity contribution in [3.63, 3.8) is 0 Å². The number of thiophene rings is 1. The number of halogens is 1. The van der Waals surface area contributed by atoms with Crippen molar-refractivity contribution in [1.82, 2.24) is 9.78 Å². The molecular formula is C13H17BrN2OS. The maximum Gasteiger partial charge on any atom is 0.123 e. The van der Waals surface area contributed by atoms with Crippen LogP contribution in [0.4, 0.5) is 0 Å². The van der Waals surface area contributed by atoms with Crippen molar-refractivity contribution in [1.29, 1.82) is 0 Å². The second kappa shape index (κ2) is 5.15. The van der Waals surface area contributed by atoms with Crippen molar-refractivity contribution in [2.45, 2.75) is 39.8 Å². The van der Waals surface area contributed by atoms with Gasteiger partial charge in [-0.05, 0) is 49.7 Å². The maximum atomic E-state index is 10.6. The number of hydrogen-bond donors (Lipinski definition) is 1. The van der Waals surface area contributed by atoms with E-state index in [9.17, 15) is 5.11 Å². The first kappa shape index (κ1) is 13.8. The highest BCUT2D eigenvalue weighted by Gasteiger charge is 2.23. The number of aromatic nitrogens is 2. The summed E-state index contributed by atoms with van der Waals surface area (Å²) in [6, 6.07) is 2.27. The minimum Gasteiger partial charge on any atom is -0.382 e. The average Bonchev–Trinajstić information content (AvgIpc) is 2.81. The second-order valence-electron chi connectivity index (χ2n) is 4.69. The molecule has 0 aliphatic heterocycles. The van der Waals surface area contributed by atoms with E-state index in [0.717, 1.165) is 20.6 Å². The molecule has 0 saturated heterocycles. The average molecular weight is 329 g/mol. The van der Waals surface area contributed by atoms with Gasteiger partial charge in [0.25, 0.3) is 0 Å². The summed E-state index contributed by atoms with van der Waals surface area (Å²) in [5.41, 5.74) is 1.80. The third kappa shape index (κ3) is 2.39. The first-order chi connectivity index (χ1) is 8.41. The quantitative estimate of drug-likeness (QED) is 0.925. The van der Waals surface area contributed by atoms with Crippen LogP contribution < -0.4 is 0 Å². The Bertz CT molecular complexity index is 559. The molecule has 3 nitrogen and oxygen atoms in total. The molecule has 0 bridgehead atoms. The van der Waals surface area contributed by atoms with E-state index in [-0.39, 0.29) is 6.04 Å². The van der Waals surface area contributed by atoms with Crippen LogP contribution >= 0.6 is 27.3 Å². The zero-order valence-corrected chi connectivity index (χ0v) is 13.3. The molecule has 18 heavy (non-hydrogen) atoms. The topological polar surface area (TPSA) is 38.1 Å². The van der Waals surface area contributed by atoms with Crippen molar-refractivity contribution in [3.05, 3.63) is 37.7 Å². The van der Waals surface area contributed by atoms with E-state index in [1.807, 2.05) is 11.6 Å². The highest BCUT2D eigenvalue weighted by molar-refractivity contribution is 9.10. The molecule has 0 aliphatic carbocycles. The normalized spacial score (nSPS) is 13.3. The minimum atomic E-state index is -0.630. The van der Waals surface area contributed by atoms with E-state index >= 15 is 0 Å². The second-order valence-corrected chi connectivity index (χ2v) is 7.00. The molecule has 0 aromatic carbocycles. The number of rotatable bonds is 3. The molecule has 0 radical (unpaired) electrons. The smallest absolute Gasteiger partial charge is 0.123 e. The lowest BCUT2D eigenvalue weighted by atomic mass is 10.1. The van der Waals surface area contributed by atoms with E-state index in [1.54, 1.807) is 17.5 Å². The van der Waals surface area contributed by atoms with Crippen LogP contribution in [0.25, 0.3) is 0 Å². The molecule has 2 aromatic heterocycles. The molecule has 0 saturated carbocycles. The SMILES string of the molecule is Cc1cc(C(O)c2c(Br)cnn2C(C)C)c(C)s1. The zero-order chi connectivity index (χ0) is 13.4. The zero-order valence-electron chi connectivity index (χ0n) is 10.9. The Kier molecular flexibility index (Phi) is 3.94. The fraction of sp³-hybridized carbons (Fsp3) is 0.462. The minimum absolute atomic E-state index is 0.223. The standard InChI is InChI=1S/C13H17BrN2OS/c1-7(2)16-12(11(14)6-15-16)13(17)10-5-8(3)18-9(10)4/h5-7,13,17H,1-4H3. The fourth-order valence-corrected chi connectivity index (χ4v) is 3.53. The molecule has 2 heterocycles. The molecule has 1 unspecified atom stereocenters. The Hall–Kier alpha value is -0.650. The summed E-state index contributed by atoms with van der Waals surface area (Å²) in [6.07, 6.45) is 1.11. The van der Waals surface area contributed by atoms with Crippen molar-refractivity contribution in [2.24, 2.45) is 0 Å². The Morgan fingerprint density at radius 1 is 1.39 bits per heavy atom. The van der Waals surface area contributed by atoms with E-state index in [4.69, 9.17) is 0 Å². The summed E-state index contributed by atoms with van der Waals surface area (Å²) in [6.45, 7) is 8.21. The summed E-state index contributed by atoms with van der Waals surface area (Å²) < 4.78 is 2.72. The lowest BCUT2D eigenvalue weighted by molar-refractivity contribution is 0.204. The molecule has 0 fully saturated rings. The predicted octanol–water partition coefficient (Wildman–Crippen LogP) is 3.99. The van der Waals surface area contributed by atoms with E-state index in [1.165, 1.54) is 4.88 Å². The maximum absolute atomic E-state index is 10.6. The molecule has 2 rings (SSSR count). The highest BCUT2D eigenvalue weighted by atomic mass is 79.9. The van der Waals surface area contributed by atoms with Gasteiger partial charge in [0, 0.05) is 21.4 Å². The molecule has 0 amide bonds. The van der Waals surface area contributed by atoms with Gasteiger partial charge < -0.3 is 5.11 Å². The molecule has 98 valence electrons. The molecule has 0 spiro atoms. The lowest BCUT2D eigenvalue weighted by Crippen LogP contribution is -2.12. The van der Waals surface area contributed by atoms with Crippen molar-refractivity contribution in [2.75, 3.05) is 0 Å². The van der Waals surface area contributed by atoms with E-state index in [2.05, 4.69) is 47.9 Å². The Labute approximate surface area is 120 Å². The molecule has 5 heteroatoms. The Morgan fingerprint density at radius 3 is 2.56 bits per heavy atom. The number of aliphatic hydroxyl groups excluding tert-OH is 1. The number of aryl methyl sites for hydroxylation is 2. The van der Waals surface area contributed by atoms with Gasteiger partial charge in [-0.2, -0.15) is 5.10 Å². The lowest BCUT2D eigenvalue weighted by Gasteiger charge is -2.16. The number of nitrogens with zero attached hydrogens (tertiary/aromatic N) is 2. The van der Waals surface area contributed by atoms with Crippen molar-refractivity contribution >= 4 is 27.3 Å². The van der Waals surface area contributed by atoms with Gasteiger partial charge in [0.05, 0.1) is 16.4 Å². The number of hydrogen-bond acceptors (Lipinski definition) is 3. The Balaban J connectivity index is 2.48. The van der Waals surface area contributed by atoms with Gasteiger partial charge in [-0.1, -0.05) is 0 Å². The molecule has 1 atom stereocenters. The van der Waals surface area contributed by atoms with E-state index in [0.29, 0.717) is 0 Å². The van der Waals surface area contributed by atoms with Gasteiger partial charge in [-0.15, -0.1) is 11.3 Å². The van der Waals surface area contributed by atoms with Crippen LogP contribution in [0.1, 0.15) is 47.0 Å². The van der Waals surface area contributed by atoms with Crippen LogP contribution in [0.2, 0.25) is 0 Å². The summed E-state index contributed by atoms with van der Waals surface area (Å²) in [5, 5.41) is 14.9. The largest absolute Gasteiger partial charge is 0.382 e. The summed E-state index contributed by atoms with van der Waals surface area (Å²) in [4.78, 5) is 2.37.